The third kappa shape index (κ3) is 1.90. The van der Waals surface area contributed by atoms with E-state index in [0.717, 1.165) is 0 Å². The quantitative estimate of drug-likeness (QED) is 0.589. The molecule has 0 aliphatic heterocycles. The fourth-order valence-corrected chi connectivity index (χ4v) is 1.69. The van der Waals surface area contributed by atoms with Gasteiger partial charge in [-0.3, -0.25) is 0 Å². The minimum absolute atomic E-state index is 0.306. The lowest BCUT2D eigenvalue weighted by Crippen LogP contribution is -2.05. The Morgan fingerprint density at radius 1 is 1.07 bits per heavy atom. The van der Waals surface area contributed by atoms with Crippen molar-refractivity contribution in [2.45, 2.75) is 6.42 Å². The van der Waals surface area contributed by atoms with E-state index in [9.17, 15) is 13.2 Å². The molecule has 0 atom stereocenters. The van der Waals surface area contributed by atoms with Gasteiger partial charge in [-0.15, -0.1) is 0 Å². The van der Waals surface area contributed by atoms with Crippen LogP contribution in [0.5, 0.6) is 0 Å². The van der Waals surface area contributed by atoms with Crippen molar-refractivity contribution in [3.05, 3.63) is 32.1 Å². The van der Waals surface area contributed by atoms with Crippen molar-refractivity contribution in [2.75, 3.05) is 0 Å². The number of benzene rings is 1. The van der Waals surface area contributed by atoms with Crippen LogP contribution in [-0.4, -0.2) is 0 Å². The lowest BCUT2D eigenvalue weighted by molar-refractivity contribution is 0.478. The van der Waals surface area contributed by atoms with Gasteiger partial charge in [0.2, 0.25) is 0 Å². The number of rotatable bonds is 1. The Bertz CT molecular complexity index is 471. The van der Waals surface area contributed by atoms with Crippen LogP contribution in [0.25, 0.3) is 0 Å². The number of nitrogens with zero attached hydrogens (tertiary/aromatic N) is 2. The molecule has 15 heavy (non-hydrogen) atoms. The van der Waals surface area contributed by atoms with Gasteiger partial charge in [0.1, 0.15) is 17.4 Å². The highest BCUT2D eigenvalue weighted by molar-refractivity contribution is 14.1. The van der Waals surface area contributed by atoms with Crippen LogP contribution in [0.2, 0.25) is 0 Å². The number of hydrogen-bond acceptors (Lipinski definition) is 2. The average molecular weight is 322 g/mol. The molecule has 0 saturated carbocycles. The zero-order valence-corrected chi connectivity index (χ0v) is 9.27. The highest BCUT2D eigenvalue weighted by Gasteiger charge is 2.23. The summed E-state index contributed by atoms with van der Waals surface area (Å²) in [7, 11) is 0. The second kappa shape index (κ2) is 4.49. The molecule has 0 aromatic heterocycles. The van der Waals surface area contributed by atoms with Gasteiger partial charge in [0.25, 0.3) is 0 Å². The molecule has 0 N–H and O–H groups in total. The van der Waals surface area contributed by atoms with Crippen LogP contribution in [0.4, 0.5) is 13.2 Å². The molecule has 0 unspecified atom stereocenters. The first-order chi connectivity index (χ1) is 7.04. The predicted molar refractivity (Wildman–Crippen MR) is 53.1 cm³/mol. The zero-order valence-electron chi connectivity index (χ0n) is 7.11. The van der Waals surface area contributed by atoms with Crippen LogP contribution in [0.1, 0.15) is 11.1 Å². The van der Waals surface area contributed by atoms with Crippen molar-refractivity contribution in [3.8, 4) is 12.1 Å². The summed E-state index contributed by atoms with van der Waals surface area (Å²) in [5.41, 5.74) is -1.31. The maximum atomic E-state index is 13.4. The van der Waals surface area contributed by atoms with Gasteiger partial charge in [-0.05, 0) is 22.6 Å². The molecule has 0 aliphatic rings. The van der Waals surface area contributed by atoms with E-state index in [1.54, 1.807) is 0 Å². The lowest BCUT2D eigenvalue weighted by Gasteiger charge is -2.06. The fraction of sp³-hybridized carbons (Fsp3) is 0.111. The Balaban J connectivity index is 3.62. The standard InChI is InChI=1S/C9H2F3IN2/c10-6-4(1-2-14)8(12)9(13)5(3-15)7(6)11/h1H2. The molecular formula is C9H2F3IN2. The van der Waals surface area contributed by atoms with Gasteiger partial charge < -0.3 is 0 Å². The SMILES string of the molecule is N#CCc1c(F)c(F)c(C#N)c(I)c1F. The predicted octanol–water partition coefficient (Wildman–Crippen LogP) is 2.65. The molecule has 2 nitrogen and oxygen atoms in total. The zero-order chi connectivity index (χ0) is 11.6. The summed E-state index contributed by atoms with van der Waals surface area (Å²) in [6, 6.07) is 2.89. The average Bonchev–Trinajstić information content (AvgIpc) is 2.23. The van der Waals surface area contributed by atoms with E-state index in [1.165, 1.54) is 34.7 Å². The van der Waals surface area contributed by atoms with E-state index in [2.05, 4.69) is 0 Å². The molecule has 0 heterocycles. The van der Waals surface area contributed by atoms with E-state index in [0.29, 0.717) is 0 Å². The molecule has 1 aromatic carbocycles. The van der Waals surface area contributed by atoms with Crippen molar-refractivity contribution in [3.63, 3.8) is 0 Å². The van der Waals surface area contributed by atoms with Crippen molar-refractivity contribution in [1.82, 2.24) is 0 Å². The first-order valence-corrected chi connectivity index (χ1v) is 4.74. The maximum absolute atomic E-state index is 13.4. The first-order valence-electron chi connectivity index (χ1n) is 3.66. The van der Waals surface area contributed by atoms with Gasteiger partial charge in [0.15, 0.2) is 11.6 Å². The molecule has 0 saturated heterocycles. The van der Waals surface area contributed by atoms with E-state index in [-0.39, 0.29) is 3.57 Å². The Hall–Kier alpha value is -1.28. The molecule has 6 heteroatoms. The van der Waals surface area contributed by atoms with Gasteiger partial charge >= 0.3 is 0 Å². The summed E-state index contributed by atoms with van der Waals surface area (Å²) in [6.45, 7) is 0. The minimum Gasteiger partial charge on any atom is -0.205 e. The Morgan fingerprint density at radius 2 is 1.67 bits per heavy atom. The van der Waals surface area contributed by atoms with Crippen molar-refractivity contribution in [1.29, 1.82) is 10.5 Å². The van der Waals surface area contributed by atoms with Crippen molar-refractivity contribution < 1.29 is 13.2 Å². The second-order valence-corrected chi connectivity index (χ2v) is 3.63. The monoisotopic (exact) mass is 322 g/mol. The van der Waals surface area contributed by atoms with Crippen LogP contribution < -0.4 is 0 Å². The molecule has 0 amide bonds. The summed E-state index contributed by atoms with van der Waals surface area (Å²) >= 11 is 1.40. The Labute approximate surface area is 97.1 Å². The van der Waals surface area contributed by atoms with E-state index in [1.807, 2.05) is 0 Å². The molecule has 1 rings (SSSR count). The summed E-state index contributed by atoms with van der Waals surface area (Å²) < 4.78 is 39.4. The molecule has 1 aromatic rings. The van der Waals surface area contributed by atoms with E-state index >= 15 is 0 Å². The molecule has 0 radical (unpaired) electrons. The largest absolute Gasteiger partial charge is 0.205 e. The number of halogens is 4. The smallest absolute Gasteiger partial charge is 0.178 e. The van der Waals surface area contributed by atoms with E-state index < -0.39 is 35.0 Å². The van der Waals surface area contributed by atoms with Crippen LogP contribution in [0.15, 0.2) is 0 Å². The Kier molecular flexibility index (Phi) is 3.53. The third-order valence-electron chi connectivity index (χ3n) is 1.72. The van der Waals surface area contributed by atoms with Gasteiger partial charge in [-0.2, -0.15) is 10.5 Å². The molecule has 0 bridgehead atoms. The summed E-state index contributed by atoms with van der Waals surface area (Å²) in [5.74, 6) is -3.92. The maximum Gasteiger partial charge on any atom is 0.178 e. The molecule has 0 fully saturated rings. The highest BCUT2D eigenvalue weighted by atomic mass is 127. The Morgan fingerprint density at radius 3 is 2.13 bits per heavy atom. The lowest BCUT2D eigenvalue weighted by atomic mass is 10.1. The minimum atomic E-state index is -1.47. The van der Waals surface area contributed by atoms with Crippen LogP contribution in [0.3, 0.4) is 0 Å². The normalized spacial score (nSPS) is 9.47. The molecule has 0 spiro atoms. The van der Waals surface area contributed by atoms with Gasteiger partial charge in [0.05, 0.1) is 16.1 Å². The van der Waals surface area contributed by atoms with Crippen LogP contribution in [0, 0.1) is 43.7 Å². The molecular weight excluding hydrogens is 320 g/mol. The highest BCUT2D eigenvalue weighted by Crippen LogP contribution is 2.26. The topological polar surface area (TPSA) is 47.6 Å². The summed E-state index contributed by atoms with van der Waals surface area (Å²) in [6.07, 6.45) is -0.573. The molecule has 76 valence electrons. The van der Waals surface area contributed by atoms with Crippen LogP contribution >= 0.6 is 22.6 Å². The van der Waals surface area contributed by atoms with Crippen LogP contribution in [-0.2, 0) is 6.42 Å². The third-order valence-corrected chi connectivity index (χ3v) is 2.73. The number of hydrogen-bond donors (Lipinski definition) is 0. The fourth-order valence-electron chi connectivity index (χ4n) is 1.01. The molecule has 0 aliphatic carbocycles. The number of nitriles is 2. The summed E-state index contributed by atoms with van der Waals surface area (Å²) in [5, 5.41) is 16.8. The van der Waals surface area contributed by atoms with Gasteiger partial charge in [-0.1, -0.05) is 0 Å². The van der Waals surface area contributed by atoms with Crippen molar-refractivity contribution >= 4 is 22.6 Å². The van der Waals surface area contributed by atoms with Gasteiger partial charge in [-0.25, -0.2) is 13.2 Å². The summed E-state index contributed by atoms with van der Waals surface area (Å²) in [4.78, 5) is 0. The first kappa shape index (κ1) is 11.8. The van der Waals surface area contributed by atoms with Crippen molar-refractivity contribution in [2.24, 2.45) is 0 Å². The van der Waals surface area contributed by atoms with E-state index in [4.69, 9.17) is 10.5 Å². The van der Waals surface area contributed by atoms with Gasteiger partial charge in [0, 0.05) is 5.56 Å². The second-order valence-electron chi connectivity index (χ2n) is 2.56.